The van der Waals surface area contributed by atoms with E-state index in [0.717, 1.165) is 46.1 Å². The van der Waals surface area contributed by atoms with Crippen molar-refractivity contribution in [2.24, 2.45) is 0 Å². The first kappa shape index (κ1) is 30.0. The van der Waals surface area contributed by atoms with E-state index in [9.17, 15) is 0 Å². The summed E-state index contributed by atoms with van der Waals surface area (Å²) < 4.78 is 40.2. The average molecular weight is 597 g/mol. The van der Waals surface area contributed by atoms with Crippen molar-refractivity contribution in [2.45, 2.75) is 13.1 Å². The molecule has 0 fully saturated rings. The zero-order chi connectivity index (χ0) is 29.8. The fourth-order valence-electron chi connectivity index (χ4n) is 5.35. The molecule has 0 radical (unpaired) electrons. The van der Waals surface area contributed by atoms with Crippen molar-refractivity contribution in [1.29, 1.82) is 0 Å². The maximum Gasteiger partial charge on any atom is 0.171 e. The van der Waals surface area contributed by atoms with Crippen LogP contribution >= 0.6 is 0 Å². The maximum absolute atomic E-state index is 6.34. The van der Waals surface area contributed by atoms with Crippen molar-refractivity contribution < 1.29 is 37.6 Å². The van der Waals surface area contributed by atoms with Gasteiger partial charge in [0.2, 0.25) is 0 Å². The van der Waals surface area contributed by atoms with Crippen molar-refractivity contribution in [3.63, 3.8) is 0 Å². The number of ether oxygens (including phenoxy) is 6. The lowest BCUT2D eigenvalue weighted by Crippen LogP contribution is -2.35. The van der Waals surface area contributed by atoms with E-state index in [1.54, 1.807) is 0 Å². The molecule has 0 N–H and O–H groups in total. The summed E-state index contributed by atoms with van der Waals surface area (Å²) in [4.78, 5) is 0. The van der Waals surface area contributed by atoms with E-state index < -0.39 is 0 Å². The van der Waals surface area contributed by atoms with E-state index in [0.29, 0.717) is 66.1 Å². The SMILES string of the molecule is c1ccc2c3c4ccccc4c(c2c1)OCCOCCOCC[n+]1ccc(cc1)-c1cc[n+](cc1)CCOCCOCCO3. The number of hydrogen-bond donors (Lipinski definition) is 0. The van der Waals surface area contributed by atoms with Gasteiger partial charge in [0, 0.05) is 45.8 Å². The Bertz CT molecular complexity index is 1450. The van der Waals surface area contributed by atoms with Crippen LogP contribution in [0.4, 0.5) is 0 Å². The fraction of sp³-hybridized carbons (Fsp3) is 0.333. The van der Waals surface area contributed by atoms with Gasteiger partial charge in [0.25, 0.3) is 0 Å². The fourth-order valence-corrected chi connectivity index (χ4v) is 5.35. The van der Waals surface area contributed by atoms with Crippen LogP contribution in [0, 0.1) is 0 Å². The summed E-state index contributed by atoms with van der Waals surface area (Å²) in [7, 11) is 0. The topological polar surface area (TPSA) is 63.1 Å². The highest BCUT2D eigenvalue weighted by Crippen LogP contribution is 2.42. The molecular formula is C36H40N2O6+2. The summed E-state index contributed by atoms with van der Waals surface area (Å²) in [5.74, 6) is 1.68. The summed E-state index contributed by atoms with van der Waals surface area (Å²) in [6.45, 7) is 6.73. The highest BCUT2D eigenvalue weighted by atomic mass is 16.5. The van der Waals surface area contributed by atoms with Crippen molar-refractivity contribution in [1.82, 2.24) is 0 Å². The van der Waals surface area contributed by atoms with Crippen LogP contribution in [0.5, 0.6) is 11.5 Å². The van der Waals surface area contributed by atoms with Crippen LogP contribution in [0.15, 0.2) is 97.6 Å². The molecule has 8 nitrogen and oxygen atoms in total. The van der Waals surface area contributed by atoms with Gasteiger partial charge in [0.15, 0.2) is 37.9 Å². The van der Waals surface area contributed by atoms with Gasteiger partial charge in [-0.2, -0.15) is 0 Å². The molecule has 0 aliphatic carbocycles. The first-order valence-electron chi connectivity index (χ1n) is 15.4. The Morgan fingerprint density at radius 2 is 0.682 bits per heavy atom. The molecule has 0 atom stereocenters. The lowest BCUT2D eigenvalue weighted by molar-refractivity contribution is -0.698. The first-order chi connectivity index (χ1) is 21.9. The Balaban J connectivity index is 1.12. The normalized spacial score (nSPS) is 16.5. The maximum atomic E-state index is 6.34. The minimum absolute atomic E-state index is 0.438. The molecule has 8 heterocycles. The van der Waals surface area contributed by atoms with Crippen molar-refractivity contribution in [2.75, 3.05) is 66.1 Å². The van der Waals surface area contributed by atoms with Crippen LogP contribution in [0.25, 0.3) is 32.7 Å². The van der Waals surface area contributed by atoms with Crippen LogP contribution in [-0.2, 0) is 32.0 Å². The first-order valence-corrected chi connectivity index (χ1v) is 15.4. The molecule has 11 rings (SSSR count). The second kappa shape index (κ2) is 15.6. The molecule has 8 heteroatoms. The zero-order valence-corrected chi connectivity index (χ0v) is 25.1. The summed E-state index contributed by atoms with van der Waals surface area (Å²) >= 11 is 0. The van der Waals surface area contributed by atoms with Crippen LogP contribution < -0.4 is 18.6 Å². The smallest absolute Gasteiger partial charge is 0.171 e. The summed E-state index contributed by atoms with van der Waals surface area (Å²) in [5.41, 5.74) is 2.36. The Labute approximate surface area is 258 Å². The van der Waals surface area contributed by atoms with E-state index in [1.165, 1.54) is 11.1 Å². The van der Waals surface area contributed by atoms with Crippen LogP contribution in [-0.4, -0.2) is 66.1 Å². The van der Waals surface area contributed by atoms with E-state index in [4.69, 9.17) is 28.4 Å². The third kappa shape index (κ3) is 7.70. The summed E-state index contributed by atoms with van der Waals surface area (Å²) in [5, 5.41) is 4.04. The molecule has 6 aliphatic heterocycles. The molecule has 6 aliphatic rings. The van der Waals surface area contributed by atoms with Crippen LogP contribution in [0.1, 0.15) is 0 Å². The Hall–Kier alpha value is -4.08. The average Bonchev–Trinajstić information content (AvgIpc) is 3.07. The van der Waals surface area contributed by atoms with E-state index in [1.807, 2.05) is 24.3 Å². The third-order valence-electron chi connectivity index (χ3n) is 7.63. The molecule has 2 aromatic heterocycles. The lowest BCUT2D eigenvalue weighted by Gasteiger charge is -2.18. The second-order valence-electron chi connectivity index (χ2n) is 10.5. The van der Waals surface area contributed by atoms with Gasteiger partial charge in [-0.3, -0.25) is 0 Å². The van der Waals surface area contributed by atoms with Gasteiger partial charge in [0.05, 0.1) is 39.6 Å². The van der Waals surface area contributed by atoms with Gasteiger partial charge in [0.1, 0.15) is 37.9 Å². The van der Waals surface area contributed by atoms with Gasteiger partial charge in [-0.15, -0.1) is 0 Å². The Morgan fingerprint density at radius 3 is 1.05 bits per heavy atom. The predicted molar refractivity (Wildman–Crippen MR) is 168 cm³/mol. The van der Waals surface area contributed by atoms with Crippen molar-refractivity contribution >= 4 is 21.5 Å². The minimum atomic E-state index is 0.438. The van der Waals surface area contributed by atoms with Gasteiger partial charge < -0.3 is 28.4 Å². The number of hydrogen-bond acceptors (Lipinski definition) is 6. The molecule has 0 spiro atoms. The number of rotatable bonds is 0. The van der Waals surface area contributed by atoms with Gasteiger partial charge >= 0.3 is 0 Å². The molecule has 0 saturated heterocycles. The molecule has 6 bridgehead atoms. The van der Waals surface area contributed by atoms with Crippen molar-refractivity contribution in [3.05, 3.63) is 97.6 Å². The van der Waals surface area contributed by atoms with Crippen LogP contribution in [0.2, 0.25) is 0 Å². The molecule has 44 heavy (non-hydrogen) atoms. The highest BCUT2D eigenvalue weighted by Gasteiger charge is 2.16. The number of nitrogens with zero attached hydrogens (tertiary/aromatic N) is 2. The molecule has 3 aromatic carbocycles. The van der Waals surface area contributed by atoms with Gasteiger partial charge in [-0.1, -0.05) is 48.5 Å². The molecular weight excluding hydrogens is 556 g/mol. The predicted octanol–water partition coefficient (Wildman–Crippen LogP) is 4.77. The third-order valence-corrected chi connectivity index (χ3v) is 7.63. The number of pyridine rings is 2. The standard InChI is InChI=1S/C36H40N2O6/c1-2-6-32-31(5-1)35-33-7-3-4-8-34(33)36(32)44-28-26-42-24-22-40-20-18-38-15-11-30(12-16-38)29-9-13-37(14-10-29)17-19-39-21-23-41-25-27-43-35/h1-16H,17-28H2/q+2. The Morgan fingerprint density at radius 1 is 0.364 bits per heavy atom. The summed E-state index contributed by atoms with van der Waals surface area (Å²) in [6, 6.07) is 24.9. The van der Waals surface area contributed by atoms with E-state index >= 15 is 0 Å². The highest BCUT2D eigenvalue weighted by molar-refractivity contribution is 6.11. The monoisotopic (exact) mass is 596 g/mol. The molecule has 0 unspecified atom stereocenters. The minimum Gasteiger partial charge on any atom is -0.490 e. The molecule has 5 aromatic rings. The van der Waals surface area contributed by atoms with Crippen molar-refractivity contribution in [3.8, 4) is 22.6 Å². The number of aromatic nitrogens is 2. The van der Waals surface area contributed by atoms with Gasteiger partial charge in [-0.25, -0.2) is 9.13 Å². The largest absolute Gasteiger partial charge is 0.490 e. The van der Waals surface area contributed by atoms with Gasteiger partial charge in [-0.05, 0) is 11.1 Å². The molecule has 0 amide bonds. The number of benzene rings is 3. The molecule has 0 saturated carbocycles. The molecule has 228 valence electrons. The summed E-state index contributed by atoms with van der Waals surface area (Å²) in [6.07, 6.45) is 8.37. The Kier molecular flexibility index (Phi) is 10.6. The second-order valence-corrected chi connectivity index (χ2v) is 10.5. The zero-order valence-electron chi connectivity index (χ0n) is 25.1. The lowest BCUT2D eigenvalue weighted by atomic mass is 10.0. The quantitative estimate of drug-likeness (QED) is 0.190. The van der Waals surface area contributed by atoms with E-state index in [-0.39, 0.29) is 0 Å². The van der Waals surface area contributed by atoms with E-state index in [2.05, 4.69) is 82.5 Å². The van der Waals surface area contributed by atoms with Crippen LogP contribution in [0.3, 0.4) is 0 Å².